The van der Waals surface area contributed by atoms with Crippen LogP contribution in [0.1, 0.15) is 0 Å². The van der Waals surface area contributed by atoms with Crippen molar-refractivity contribution in [2.24, 2.45) is 0 Å². The monoisotopic (exact) mass is 1710 g/mol. The molecule has 0 saturated carbocycles. The van der Waals surface area contributed by atoms with Gasteiger partial charge in [0.1, 0.15) is 0 Å². The molecule has 73 valence electrons. The van der Waals surface area contributed by atoms with E-state index in [0.29, 0.717) is 0 Å². The number of rotatable bonds is 0. The Labute approximate surface area is 308 Å². The molecular weight excluding hydrogens is 1700 g/mol. The topological polar surface area (TPSA) is 0 Å². The van der Waals surface area contributed by atoms with Gasteiger partial charge in [-0.2, -0.15) is 0 Å². The van der Waals surface area contributed by atoms with Crippen molar-refractivity contribution in [3.8, 4) is 0 Å². The molecule has 0 aliphatic carbocycles. The molecule has 0 spiro atoms. The molecule has 0 aromatic carbocycles. The summed E-state index contributed by atoms with van der Waals surface area (Å²) in [5.41, 5.74) is 0. The molecule has 14 heavy (non-hydrogen) atoms. The predicted molar refractivity (Wildman–Crippen MR) is 60.0 cm³/mol. The normalized spacial score (nSPS) is 0. The van der Waals surface area contributed by atoms with Crippen LogP contribution < -0.4 is 0 Å². The summed E-state index contributed by atoms with van der Waals surface area (Å²) in [7, 11) is 0. The van der Waals surface area contributed by atoms with Crippen LogP contribution in [0, 0.1) is 31.1 Å². The largest absolute Gasteiger partial charge is 0 e. The van der Waals surface area contributed by atoms with E-state index in [2.05, 4.69) is 0 Å². The van der Waals surface area contributed by atoms with Gasteiger partial charge in [0.25, 0.3) is 0 Å². The third-order valence-electron chi connectivity index (χ3n) is 0. The molecule has 0 bridgehead atoms. The Bertz CT molecular complexity index is 53.3. The maximum absolute atomic E-state index is 0. The second-order valence-corrected chi connectivity index (χ2v) is 0. The Morgan fingerprint density at radius 3 is 1.00 bits per heavy atom. The minimum absolute atomic E-state index is 0. The summed E-state index contributed by atoms with van der Waals surface area (Å²) in [6, 6.07) is 0. The molecule has 0 N–H and O–H groups in total. The Hall–Kier alpha value is 10.3. The molecule has 0 atom stereocenters. The molecule has 0 nitrogen and oxygen atoms in total. The van der Waals surface area contributed by atoms with E-state index < -0.39 is 0 Å². The molecule has 0 saturated heterocycles. The first-order valence-electron chi connectivity index (χ1n) is 0. The average Bonchev–Trinajstić information content (AvgIpc) is 0. The van der Waals surface area contributed by atoms with Gasteiger partial charge in [-0.1, -0.05) is 0 Å². The first kappa shape index (κ1) is 124. The molecule has 0 fully saturated rings. The second-order valence-electron chi connectivity index (χ2n) is 0. The predicted octanol–water partition coefficient (Wildman–Crippen LogP) is -5.74. The summed E-state index contributed by atoms with van der Waals surface area (Å²) >= 11 is 0. The van der Waals surface area contributed by atoms with Crippen LogP contribution in [0.2, 0.25) is 0 Å². The fourth-order valence-electron chi connectivity index (χ4n) is 0. The Kier molecular flexibility index (Phi) is 968. The average molecular weight is 1710 g/mol. The molecule has 0 aromatic heterocycles. The van der Waals surface area contributed by atoms with Crippen LogP contribution in [-0.2, 0) is 106 Å². The minimum atomic E-state index is 0. The summed E-state index contributed by atoms with van der Waals surface area (Å²) in [6.07, 6.45) is 0. The molecule has 14 heteroatoms. The van der Waals surface area contributed by atoms with Gasteiger partial charge in [0.05, 0.1) is 0 Å². The first-order valence-corrected chi connectivity index (χ1v) is 0. The van der Waals surface area contributed by atoms with Crippen LogP contribution in [0.15, 0.2) is 0 Å². The third kappa shape index (κ3) is 95.3. The molecule has 0 heterocycles. The number of hydrogen-bond acceptors (Lipinski definition) is 0. The van der Waals surface area contributed by atoms with Gasteiger partial charge in [0.15, 0.2) is 0 Å². The SMILES string of the molecule is [As].[BeH2].[Cd].[Co].[Cr].[Fe].[Hg].[InH3].[PbH2].[Sb].[SnH2].[Te].[TlH].[U]. The van der Waals surface area contributed by atoms with Gasteiger partial charge in [-0.15, -0.1) is 0 Å². The Balaban J connectivity index is 0. The molecule has 0 aliphatic heterocycles. The van der Waals surface area contributed by atoms with E-state index in [0.717, 1.165) is 0 Å². The van der Waals surface area contributed by atoms with E-state index in [9.17, 15) is 0 Å². The molecule has 0 amide bonds. The summed E-state index contributed by atoms with van der Waals surface area (Å²) in [4.78, 5) is 0. The van der Waals surface area contributed by atoms with Crippen molar-refractivity contribution in [2.45, 2.75) is 0 Å². The van der Waals surface area contributed by atoms with Crippen molar-refractivity contribution in [1.82, 2.24) is 0 Å². The summed E-state index contributed by atoms with van der Waals surface area (Å²) < 4.78 is 0. The van der Waals surface area contributed by atoms with Crippen LogP contribution in [0.25, 0.3) is 0 Å². The van der Waals surface area contributed by atoms with E-state index in [-0.39, 0.29) is 318 Å². The quantitative estimate of drug-likeness (QED) is 0.213. The van der Waals surface area contributed by atoms with E-state index >= 15 is 0 Å². The Morgan fingerprint density at radius 1 is 1.00 bits per heavy atom. The minimum Gasteiger partial charge on any atom is 0 e. The summed E-state index contributed by atoms with van der Waals surface area (Å²) in [5.74, 6) is 0. The zero-order valence-corrected chi connectivity index (χ0v) is 45.3. The molecule has 0 rings (SSSR count). The molecule has 0 aromatic rings. The zero-order chi connectivity index (χ0) is 0. The smallest absolute Gasteiger partial charge is 0 e. The van der Waals surface area contributed by atoms with Crippen molar-refractivity contribution < 1.29 is 137 Å². The van der Waals surface area contributed by atoms with Crippen LogP contribution in [-0.4, -0.2) is 181 Å². The zero-order valence-electron chi connectivity index (χ0n) is 6.43. The fourth-order valence-corrected chi connectivity index (χ4v) is 0. The van der Waals surface area contributed by atoms with Gasteiger partial charge in [-0.25, -0.2) is 0 Å². The standard InChI is InChI=1S/As.Be.Cd.Co.Cr.Fe.Hg.In.Pb.Sb.Sn.Te.Tl.U.10H. The van der Waals surface area contributed by atoms with Crippen molar-refractivity contribution in [2.75, 3.05) is 0 Å². The van der Waals surface area contributed by atoms with E-state index in [1.54, 1.807) is 0 Å². The fraction of sp³-hybridized carbons (Fsp3) is 0. The van der Waals surface area contributed by atoms with Crippen LogP contribution in [0.3, 0.4) is 0 Å². The Morgan fingerprint density at radius 2 is 1.00 bits per heavy atom. The van der Waals surface area contributed by atoms with Crippen molar-refractivity contribution >= 4 is 181 Å². The summed E-state index contributed by atoms with van der Waals surface area (Å²) in [6.45, 7) is 0. The molecular formula is H10AsBeCdCoCrFeHgInPbSbSnTeTlU. The van der Waals surface area contributed by atoms with Crippen LogP contribution in [0.5, 0.6) is 0 Å². The molecule has 14 radical (unpaired) electrons. The van der Waals surface area contributed by atoms with Crippen molar-refractivity contribution in [3.63, 3.8) is 0 Å². The first-order chi connectivity index (χ1) is 0. The van der Waals surface area contributed by atoms with Crippen molar-refractivity contribution in [3.05, 3.63) is 0 Å². The van der Waals surface area contributed by atoms with E-state index in [1.807, 2.05) is 0 Å². The van der Waals surface area contributed by atoms with Gasteiger partial charge in [0.2, 0.25) is 0 Å². The summed E-state index contributed by atoms with van der Waals surface area (Å²) in [5, 5.41) is 0. The molecule has 0 unspecified atom stereocenters. The maximum atomic E-state index is 0. The van der Waals surface area contributed by atoms with Crippen LogP contribution in [0.4, 0.5) is 0 Å². The van der Waals surface area contributed by atoms with Gasteiger partial charge in [-0.3, -0.25) is 0 Å². The van der Waals surface area contributed by atoms with E-state index in [1.165, 1.54) is 0 Å². The maximum Gasteiger partial charge on any atom is 0 e. The van der Waals surface area contributed by atoms with Crippen molar-refractivity contribution in [1.29, 1.82) is 0 Å². The van der Waals surface area contributed by atoms with Gasteiger partial charge in [-0.05, 0) is 0 Å². The second kappa shape index (κ2) is 109. The van der Waals surface area contributed by atoms with Gasteiger partial charge >= 0.3 is 114 Å². The molecule has 0 aliphatic rings. The van der Waals surface area contributed by atoms with E-state index in [4.69, 9.17) is 0 Å². The van der Waals surface area contributed by atoms with Gasteiger partial charge in [0, 0.05) is 203 Å². The van der Waals surface area contributed by atoms with Gasteiger partial charge < -0.3 is 0 Å². The number of hydrogen-bond donors (Lipinski definition) is 0. The van der Waals surface area contributed by atoms with Crippen LogP contribution >= 0.6 is 0 Å². The third-order valence-corrected chi connectivity index (χ3v) is 0.